The van der Waals surface area contributed by atoms with Crippen LogP contribution < -0.4 is 0 Å². The lowest BCUT2D eigenvalue weighted by Crippen LogP contribution is -1.91. The van der Waals surface area contributed by atoms with Gasteiger partial charge in [0.15, 0.2) is 16.6 Å². The Morgan fingerprint density at radius 3 is 3.00 bits per heavy atom. The Balaban J connectivity index is 1.75. The van der Waals surface area contributed by atoms with Crippen LogP contribution in [0.4, 0.5) is 0 Å². The fraction of sp³-hybridized carbons (Fsp3) is 0.333. The molecule has 0 atom stereocenters. The van der Waals surface area contributed by atoms with E-state index in [0.29, 0.717) is 11.6 Å². The molecule has 0 N–H and O–H groups in total. The van der Waals surface area contributed by atoms with Gasteiger partial charge in [-0.1, -0.05) is 36.8 Å². The van der Waals surface area contributed by atoms with E-state index in [1.165, 1.54) is 11.8 Å². The van der Waals surface area contributed by atoms with E-state index in [-0.39, 0.29) is 5.92 Å². The Morgan fingerprint density at radius 1 is 1.32 bits per heavy atom. The van der Waals surface area contributed by atoms with Gasteiger partial charge in [0.1, 0.15) is 0 Å². The van der Waals surface area contributed by atoms with Gasteiger partial charge in [0, 0.05) is 12.1 Å². The highest BCUT2D eigenvalue weighted by Crippen LogP contribution is 2.21. The molecule has 0 saturated carbocycles. The summed E-state index contributed by atoms with van der Waals surface area (Å²) < 4.78 is 7.13. The summed E-state index contributed by atoms with van der Waals surface area (Å²) in [7, 11) is 0. The number of aromatic nitrogens is 5. The Bertz CT molecular complexity index is 690. The second-order valence-corrected chi connectivity index (χ2v) is 5.34. The molecule has 3 heterocycles. The van der Waals surface area contributed by atoms with Gasteiger partial charge >= 0.3 is 0 Å². The third-order valence-electron chi connectivity index (χ3n) is 2.61. The molecule has 3 rings (SSSR count). The topological polar surface area (TPSA) is 69.1 Å². The smallest absolute Gasteiger partial charge is 0.237 e. The molecule has 6 nitrogen and oxygen atoms in total. The minimum Gasteiger partial charge on any atom is -0.338 e. The molecule has 19 heavy (non-hydrogen) atoms. The van der Waals surface area contributed by atoms with E-state index in [4.69, 9.17) is 4.52 Å². The van der Waals surface area contributed by atoms with Crippen LogP contribution in [-0.4, -0.2) is 24.7 Å². The maximum Gasteiger partial charge on any atom is 0.237 e. The van der Waals surface area contributed by atoms with Crippen molar-refractivity contribution in [3.8, 4) is 0 Å². The molecule has 0 aromatic carbocycles. The van der Waals surface area contributed by atoms with Gasteiger partial charge < -0.3 is 4.52 Å². The summed E-state index contributed by atoms with van der Waals surface area (Å²) in [6, 6.07) is 5.80. The van der Waals surface area contributed by atoms with E-state index < -0.39 is 0 Å². The number of thioether (sulfide) groups is 1. The normalized spacial score (nSPS) is 11.5. The molecule has 0 spiro atoms. The van der Waals surface area contributed by atoms with Gasteiger partial charge in [-0.3, -0.25) is 4.40 Å². The van der Waals surface area contributed by atoms with Crippen LogP contribution in [-0.2, 0) is 5.75 Å². The van der Waals surface area contributed by atoms with E-state index in [1.54, 1.807) is 0 Å². The monoisotopic (exact) mass is 275 g/mol. The van der Waals surface area contributed by atoms with Gasteiger partial charge in [0.25, 0.3) is 0 Å². The molecule has 0 amide bonds. The zero-order valence-electron chi connectivity index (χ0n) is 10.6. The molecule has 3 aromatic rings. The fourth-order valence-corrected chi connectivity index (χ4v) is 2.37. The second kappa shape index (κ2) is 5.00. The Morgan fingerprint density at radius 2 is 2.21 bits per heavy atom. The quantitative estimate of drug-likeness (QED) is 0.681. The van der Waals surface area contributed by atoms with E-state index in [2.05, 4.69) is 20.3 Å². The molecule has 0 saturated heterocycles. The number of hydrogen-bond acceptors (Lipinski definition) is 6. The molecule has 0 aliphatic carbocycles. The third-order valence-corrected chi connectivity index (χ3v) is 3.54. The molecule has 0 radical (unpaired) electrons. The van der Waals surface area contributed by atoms with Crippen LogP contribution in [0.15, 0.2) is 34.1 Å². The SMILES string of the molecule is CC(C)c1noc(CSc2nnc3ccccn23)n1. The van der Waals surface area contributed by atoms with Gasteiger partial charge in [-0.15, -0.1) is 10.2 Å². The molecule has 98 valence electrons. The highest BCUT2D eigenvalue weighted by molar-refractivity contribution is 7.98. The number of nitrogens with zero attached hydrogens (tertiary/aromatic N) is 5. The molecule has 7 heteroatoms. The van der Waals surface area contributed by atoms with Crippen LogP contribution in [0.3, 0.4) is 0 Å². The first-order valence-electron chi connectivity index (χ1n) is 5.99. The summed E-state index contributed by atoms with van der Waals surface area (Å²) in [5, 5.41) is 13.0. The van der Waals surface area contributed by atoms with Crippen LogP contribution in [0.1, 0.15) is 31.5 Å². The molecular weight excluding hydrogens is 262 g/mol. The average molecular weight is 275 g/mol. The van der Waals surface area contributed by atoms with E-state index in [0.717, 1.165) is 16.6 Å². The first-order valence-corrected chi connectivity index (χ1v) is 6.97. The lowest BCUT2D eigenvalue weighted by molar-refractivity contribution is 0.383. The summed E-state index contributed by atoms with van der Waals surface area (Å²) in [6.07, 6.45) is 1.94. The van der Waals surface area contributed by atoms with Gasteiger partial charge in [0.05, 0.1) is 5.75 Å². The van der Waals surface area contributed by atoms with Crippen molar-refractivity contribution in [2.75, 3.05) is 0 Å². The average Bonchev–Trinajstić information content (AvgIpc) is 3.03. The minimum atomic E-state index is 0.274. The number of fused-ring (bicyclic) bond motifs is 1. The zero-order chi connectivity index (χ0) is 13.2. The maximum atomic E-state index is 5.20. The van der Waals surface area contributed by atoms with Gasteiger partial charge in [-0.25, -0.2) is 0 Å². The molecule has 0 aliphatic heterocycles. The van der Waals surface area contributed by atoms with Crippen LogP contribution in [0, 0.1) is 0 Å². The highest BCUT2D eigenvalue weighted by Gasteiger charge is 2.12. The lowest BCUT2D eigenvalue weighted by Gasteiger charge is -1.96. The minimum absolute atomic E-state index is 0.274. The Labute approximate surface area is 114 Å². The standard InChI is InChI=1S/C12H13N5OS/c1-8(2)11-13-10(18-16-11)7-19-12-15-14-9-5-3-4-6-17(9)12/h3-6,8H,7H2,1-2H3. The number of rotatable bonds is 4. The van der Waals surface area contributed by atoms with E-state index in [1.807, 2.05) is 42.6 Å². The summed E-state index contributed by atoms with van der Waals surface area (Å²) in [5.74, 6) is 2.22. The summed E-state index contributed by atoms with van der Waals surface area (Å²) in [5.41, 5.74) is 0.832. The Hall–Kier alpha value is -1.89. The molecular formula is C12H13N5OS. The number of pyridine rings is 1. The fourth-order valence-electron chi connectivity index (χ4n) is 1.61. The van der Waals surface area contributed by atoms with Crippen LogP contribution in [0.5, 0.6) is 0 Å². The molecule has 3 aromatic heterocycles. The predicted octanol–water partition coefficient (Wildman–Crippen LogP) is 2.53. The highest BCUT2D eigenvalue weighted by atomic mass is 32.2. The van der Waals surface area contributed by atoms with Crippen molar-refractivity contribution in [2.45, 2.75) is 30.7 Å². The van der Waals surface area contributed by atoms with E-state index >= 15 is 0 Å². The lowest BCUT2D eigenvalue weighted by atomic mass is 10.2. The summed E-state index contributed by atoms with van der Waals surface area (Å²) in [6.45, 7) is 4.07. The van der Waals surface area contributed by atoms with Crippen molar-refractivity contribution in [1.29, 1.82) is 0 Å². The van der Waals surface area contributed by atoms with Gasteiger partial charge in [-0.05, 0) is 12.1 Å². The maximum absolute atomic E-state index is 5.20. The van der Waals surface area contributed by atoms with Crippen molar-refractivity contribution in [3.05, 3.63) is 36.1 Å². The summed E-state index contributed by atoms with van der Waals surface area (Å²) >= 11 is 1.53. The molecule has 0 unspecified atom stereocenters. The van der Waals surface area contributed by atoms with Crippen molar-refractivity contribution < 1.29 is 4.52 Å². The molecule has 0 aliphatic rings. The Kier molecular flexibility index (Phi) is 3.20. The van der Waals surface area contributed by atoms with Crippen molar-refractivity contribution in [1.82, 2.24) is 24.7 Å². The van der Waals surface area contributed by atoms with Crippen molar-refractivity contribution in [3.63, 3.8) is 0 Å². The largest absolute Gasteiger partial charge is 0.338 e. The molecule has 0 bridgehead atoms. The third kappa shape index (κ3) is 2.46. The molecule has 0 fully saturated rings. The summed E-state index contributed by atoms with van der Waals surface area (Å²) in [4.78, 5) is 4.33. The van der Waals surface area contributed by atoms with Crippen molar-refractivity contribution >= 4 is 17.4 Å². The first-order chi connectivity index (χ1) is 9.24. The van der Waals surface area contributed by atoms with Crippen LogP contribution >= 0.6 is 11.8 Å². The van der Waals surface area contributed by atoms with E-state index in [9.17, 15) is 0 Å². The predicted molar refractivity (Wildman–Crippen MR) is 70.9 cm³/mol. The van der Waals surface area contributed by atoms with Crippen LogP contribution in [0.2, 0.25) is 0 Å². The number of hydrogen-bond donors (Lipinski definition) is 0. The van der Waals surface area contributed by atoms with Crippen LogP contribution in [0.25, 0.3) is 5.65 Å². The second-order valence-electron chi connectivity index (χ2n) is 4.40. The van der Waals surface area contributed by atoms with Crippen molar-refractivity contribution in [2.24, 2.45) is 0 Å². The first kappa shape index (κ1) is 12.2. The van der Waals surface area contributed by atoms with Gasteiger partial charge in [0.2, 0.25) is 5.89 Å². The van der Waals surface area contributed by atoms with Gasteiger partial charge in [-0.2, -0.15) is 4.98 Å². The zero-order valence-corrected chi connectivity index (χ0v) is 11.5.